The molecule has 0 aliphatic carbocycles. The van der Waals surface area contributed by atoms with Gasteiger partial charge in [-0.25, -0.2) is 4.98 Å². The fourth-order valence-electron chi connectivity index (χ4n) is 3.25. The van der Waals surface area contributed by atoms with Crippen LogP contribution in [0.15, 0.2) is 18.3 Å². The van der Waals surface area contributed by atoms with Crippen LogP contribution in [0.25, 0.3) is 11.3 Å². The number of carbonyl (C=O) groups is 1. The van der Waals surface area contributed by atoms with Crippen LogP contribution in [-0.4, -0.2) is 27.7 Å². The molecule has 0 fully saturated rings. The van der Waals surface area contributed by atoms with Crippen LogP contribution >= 0.6 is 0 Å². The molecule has 23 heavy (non-hydrogen) atoms. The second-order valence-corrected chi connectivity index (χ2v) is 5.54. The van der Waals surface area contributed by atoms with E-state index >= 15 is 0 Å². The average molecular weight is 319 g/mol. The summed E-state index contributed by atoms with van der Waals surface area (Å²) in [5.74, 6) is -0.795. The van der Waals surface area contributed by atoms with Gasteiger partial charge in [0, 0.05) is 18.3 Å². The van der Waals surface area contributed by atoms with E-state index in [-0.39, 0.29) is 12.0 Å². The van der Waals surface area contributed by atoms with Gasteiger partial charge in [0.2, 0.25) is 11.9 Å². The van der Waals surface area contributed by atoms with E-state index in [0.29, 0.717) is 35.7 Å². The Labute approximate surface area is 132 Å². The number of amides is 1. The summed E-state index contributed by atoms with van der Waals surface area (Å²) < 4.78 is 21.5. The summed E-state index contributed by atoms with van der Waals surface area (Å²) in [5, 5.41) is 10.4. The van der Waals surface area contributed by atoms with E-state index in [9.17, 15) is 14.3 Å². The third-order valence-corrected chi connectivity index (χ3v) is 4.10. The van der Waals surface area contributed by atoms with Crippen molar-refractivity contribution >= 4 is 5.91 Å². The second-order valence-electron chi connectivity index (χ2n) is 5.54. The zero-order valence-corrected chi connectivity index (χ0v) is 12.8. The van der Waals surface area contributed by atoms with Crippen LogP contribution in [-0.2, 0) is 17.8 Å². The van der Waals surface area contributed by atoms with Gasteiger partial charge >= 0.3 is 0 Å². The third kappa shape index (κ3) is 2.57. The van der Waals surface area contributed by atoms with Gasteiger partial charge in [-0.1, -0.05) is 0 Å². The van der Waals surface area contributed by atoms with Gasteiger partial charge in [-0.3, -0.25) is 4.79 Å². The van der Waals surface area contributed by atoms with Gasteiger partial charge in [-0.15, -0.1) is 0 Å². The molecule has 0 radical (unpaired) electrons. The first-order valence-corrected chi connectivity index (χ1v) is 7.41. The minimum atomic E-state index is -0.736. The summed E-state index contributed by atoms with van der Waals surface area (Å²) in [4.78, 5) is 15.1. The summed E-state index contributed by atoms with van der Waals surface area (Å²) in [6.07, 6.45) is 1.88. The van der Waals surface area contributed by atoms with Gasteiger partial charge in [0.15, 0.2) is 0 Å². The highest BCUT2D eigenvalue weighted by Crippen LogP contribution is 2.44. The van der Waals surface area contributed by atoms with Crippen molar-refractivity contribution in [2.75, 3.05) is 7.11 Å². The third-order valence-electron chi connectivity index (χ3n) is 4.10. The molecule has 0 saturated carbocycles. The summed E-state index contributed by atoms with van der Waals surface area (Å²) in [5.41, 5.74) is 7.19. The molecular weight excluding hydrogens is 301 g/mol. The number of nitrogens with two attached hydrogens (primary N) is 1. The van der Waals surface area contributed by atoms with Gasteiger partial charge in [0.05, 0.1) is 36.6 Å². The topological polar surface area (TPSA) is 90.4 Å². The summed E-state index contributed by atoms with van der Waals surface area (Å²) in [7, 11) is 1.45. The minimum absolute atomic E-state index is 0.0720. The predicted molar refractivity (Wildman–Crippen MR) is 81.3 cm³/mol. The van der Waals surface area contributed by atoms with Crippen LogP contribution < -0.4 is 10.5 Å². The molecule has 6 nitrogen and oxygen atoms in total. The first-order valence-electron chi connectivity index (χ1n) is 7.41. The Bertz CT molecular complexity index is 757. The Morgan fingerprint density at radius 2 is 2.39 bits per heavy atom. The molecule has 1 atom stereocenters. The molecular formula is C16H18FN3O3. The number of pyridine rings is 1. The molecule has 7 heteroatoms. The van der Waals surface area contributed by atoms with E-state index in [1.807, 2.05) is 4.57 Å². The van der Waals surface area contributed by atoms with Gasteiger partial charge < -0.3 is 20.1 Å². The lowest BCUT2D eigenvalue weighted by Gasteiger charge is -2.23. The molecule has 1 amide bonds. The lowest BCUT2D eigenvalue weighted by atomic mass is 10.0. The van der Waals surface area contributed by atoms with Crippen molar-refractivity contribution < 1.29 is 19.0 Å². The standard InChI is InChI=1S/C16H18FN3O3/c1-23-15-10(8-12(18)22)13-11(21)5-3-7-20(13)14(15)9-4-2-6-19-16(9)17/h2,4,6,11,21H,3,5,7-8H2,1H3,(H2,18,22). The SMILES string of the molecule is COc1c(CC(N)=O)c2n(c1-c1cccnc1F)CCCC2O. The van der Waals surface area contributed by atoms with E-state index in [1.165, 1.54) is 13.3 Å². The highest BCUT2D eigenvalue weighted by Gasteiger charge is 2.32. The maximum Gasteiger partial charge on any atom is 0.222 e. The Hall–Kier alpha value is -2.41. The molecule has 2 aromatic rings. The van der Waals surface area contributed by atoms with Crippen LogP contribution in [0.1, 0.15) is 30.2 Å². The quantitative estimate of drug-likeness (QED) is 0.837. The van der Waals surface area contributed by atoms with Crippen LogP contribution in [0.4, 0.5) is 4.39 Å². The second kappa shape index (κ2) is 6.00. The molecule has 1 aliphatic heterocycles. The zero-order valence-electron chi connectivity index (χ0n) is 12.8. The predicted octanol–water partition coefficient (Wildman–Crippen LogP) is 1.55. The fourth-order valence-corrected chi connectivity index (χ4v) is 3.25. The van der Waals surface area contributed by atoms with Gasteiger partial charge in [0.1, 0.15) is 5.75 Å². The van der Waals surface area contributed by atoms with E-state index in [1.54, 1.807) is 12.1 Å². The Morgan fingerprint density at radius 1 is 1.61 bits per heavy atom. The molecule has 3 heterocycles. The van der Waals surface area contributed by atoms with E-state index in [4.69, 9.17) is 10.5 Å². The Morgan fingerprint density at radius 3 is 3.04 bits per heavy atom. The van der Waals surface area contributed by atoms with Crippen LogP contribution in [0.2, 0.25) is 0 Å². The Kier molecular flexibility index (Phi) is 4.04. The van der Waals surface area contributed by atoms with Crippen LogP contribution in [0.5, 0.6) is 5.75 Å². The molecule has 0 spiro atoms. The maximum absolute atomic E-state index is 14.2. The number of nitrogens with zero attached hydrogens (tertiary/aromatic N) is 2. The lowest BCUT2D eigenvalue weighted by molar-refractivity contribution is -0.117. The number of ether oxygens (including phenoxy) is 1. The van der Waals surface area contributed by atoms with Crippen molar-refractivity contribution in [3.63, 3.8) is 0 Å². The summed E-state index contributed by atoms with van der Waals surface area (Å²) in [6, 6.07) is 3.23. The molecule has 122 valence electrons. The number of hydrogen-bond donors (Lipinski definition) is 2. The molecule has 1 aliphatic rings. The number of primary amides is 1. The van der Waals surface area contributed by atoms with E-state index in [2.05, 4.69) is 4.98 Å². The van der Waals surface area contributed by atoms with Crippen LogP contribution in [0, 0.1) is 5.95 Å². The van der Waals surface area contributed by atoms with E-state index in [0.717, 1.165) is 6.42 Å². The van der Waals surface area contributed by atoms with Crippen molar-refractivity contribution in [2.45, 2.75) is 31.9 Å². The number of aromatic nitrogens is 2. The number of aliphatic hydroxyl groups is 1. The highest BCUT2D eigenvalue weighted by molar-refractivity contribution is 5.81. The minimum Gasteiger partial charge on any atom is -0.494 e. The number of halogens is 1. The molecule has 0 saturated heterocycles. The number of methoxy groups -OCH3 is 1. The van der Waals surface area contributed by atoms with Gasteiger partial charge in [-0.2, -0.15) is 4.39 Å². The van der Waals surface area contributed by atoms with Crippen molar-refractivity contribution in [2.24, 2.45) is 5.73 Å². The smallest absolute Gasteiger partial charge is 0.222 e. The molecule has 0 bridgehead atoms. The molecule has 3 N–H and O–H groups in total. The van der Waals surface area contributed by atoms with Gasteiger partial charge in [0.25, 0.3) is 0 Å². The normalized spacial score (nSPS) is 16.9. The van der Waals surface area contributed by atoms with E-state index < -0.39 is 18.0 Å². The number of fused-ring (bicyclic) bond motifs is 1. The van der Waals surface area contributed by atoms with Crippen molar-refractivity contribution in [3.05, 3.63) is 35.5 Å². The largest absolute Gasteiger partial charge is 0.494 e. The number of aliphatic hydroxyl groups excluding tert-OH is 1. The zero-order chi connectivity index (χ0) is 16.6. The molecule has 3 rings (SSSR count). The first kappa shape index (κ1) is 15.5. The molecule has 1 unspecified atom stereocenters. The number of carbonyl (C=O) groups excluding carboxylic acids is 1. The maximum atomic E-state index is 14.2. The summed E-state index contributed by atoms with van der Waals surface area (Å²) >= 11 is 0. The first-order chi connectivity index (χ1) is 11.0. The Balaban J connectivity index is 2.31. The average Bonchev–Trinajstić information content (AvgIpc) is 2.82. The fraction of sp³-hybridized carbons (Fsp3) is 0.375. The molecule has 0 aromatic carbocycles. The molecule has 2 aromatic heterocycles. The highest BCUT2D eigenvalue weighted by atomic mass is 19.1. The monoisotopic (exact) mass is 319 g/mol. The van der Waals surface area contributed by atoms with Crippen molar-refractivity contribution in [1.82, 2.24) is 9.55 Å². The number of rotatable bonds is 4. The van der Waals surface area contributed by atoms with Crippen molar-refractivity contribution in [1.29, 1.82) is 0 Å². The van der Waals surface area contributed by atoms with Gasteiger partial charge in [-0.05, 0) is 25.0 Å². The summed E-state index contributed by atoms with van der Waals surface area (Å²) in [6.45, 7) is 0.602. The number of hydrogen-bond acceptors (Lipinski definition) is 4. The lowest BCUT2D eigenvalue weighted by Crippen LogP contribution is -2.20. The van der Waals surface area contributed by atoms with Crippen LogP contribution in [0.3, 0.4) is 0 Å². The van der Waals surface area contributed by atoms with Crippen molar-refractivity contribution in [3.8, 4) is 17.0 Å².